The van der Waals surface area contributed by atoms with Gasteiger partial charge in [-0.25, -0.2) is 9.18 Å². The molecule has 9 nitrogen and oxygen atoms in total. The van der Waals surface area contributed by atoms with Crippen molar-refractivity contribution >= 4 is 47.2 Å². The van der Waals surface area contributed by atoms with Gasteiger partial charge in [-0.15, -0.1) is 23.5 Å². The molecule has 7 aromatic rings. The summed E-state index contributed by atoms with van der Waals surface area (Å²) in [7, 11) is 1.90. The molecule has 0 aliphatic heterocycles. The Morgan fingerprint density at radius 3 is 1.79 bits per heavy atom. The first-order chi connectivity index (χ1) is 31.9. The van der Waals surface area contributed by atoms with E-state index < -0.39 is 17.2 Å². The van der Waals surface area contributed by atoms with Crippen LogP contribution in [-0.2, 0) is 22.7 Å². The molecule has 0 spiro atoms. The van der Waals surface area contributed by atoms with E-state index in [0.717, 1.165) is 48.2 Å². The zero-order chi connectivity index (χ0) is 47.8. The second kappa shape index (κ2) is 24.2. The van der Waals surface area contributed by atoms with Gasteiger partial charge in [-0.3, -0.25) is 28.4 Å². The molecule has 0 atom stereocenters. The molecule has 6 aromatic carbocycles. The fraction of sp³-hybridized carbons (Fsp3) is 0.167. The van der Waals surface area contributed by atoms with Crippen LogP contribution in [0.15, 0.2) is 177 Å². The lowest BCUT2D eigenvalue weighted by Crippen LogP contribution is -2.39. The van der Waals surface area contributed by atoms with Crippen LogP contribution in [0.3, 0.4) is 0 Å². The number of aryl methyl sites for hydroxylation is 2. The molecule has 1 aromatic heterocycles. The number of amides is 2. The molecule has 12 heteroatoms. The predicted octanol–water partition coefficient (Wildman–Crippen LogP) is 11.2. The van der Waals surface area contributed by atoms with E-state index in [9.17, 15) is 23.6 Å². The molecule has 1 heterocycles. The fourth-order valence-corrected chi connectivity index (χ4v) is 7.52. The van der Waals surface area contributed by atoms with Crippen molar-refractivity contribution in [1.82, 2.24) is 14.0 Å². The molecule has 0 saturated carbocycles. The summed E-state index contributed by atoms with van der Waals surface area (Å²) in [5.74, 6) is -0.783. The van der Waals surface area contributed by atoms with Crippen LogP contribution in [0, 0.1) is 31.0 Å². The lowest BCUT2D eigenvalue weighted by atomic mass is 10.1. The van der Waals surface area contributed by atoms with E-state index in [0.29, 0.717) is 34.6 Å². The number of nitrogens with zero attached hydrogens (tertiary/aromatic N) is 5. The van der Waals surface area contributed by atoms with Crippen molar-refractivity contribution in [2.24, 2.45) is 0 Å². The van der Waals surface area contributed by atoms with E-state index >= 15 is 0 Å². The van der Waals surface area contributed by atoms with Gasteiger partial charge >= 0.3 is 5.69 Å². The van der Waals surface area contributed by atoms with Crippen LogP contribution in [0.5, 0.6) is 0 Å². The summed E-state index contributed by atoms with van der Waals surface area (Å²) in [5, 5.41) is 8.96. The molecular formula is C54H52FN5O4S2. The van der Waals surface area contributed by atoms with E-state index in [1.807, 2.05) is 149 Å². The lowest BCUT2D eigenvalue weighted by molar-refractivity contribution is -0.135. The summed E-state index contributed by atoms with van der Waals surface area (Å²) in [6, 6.07) is 47.5. The molecular weight excluding hydrogens is 866 g/mol. The first-order valence-corrected chi connectivity index (χ1v) is 23.6. The van der Waals surface area contributed by atoms with Gasteiger partial charge in [0, 0.05) is 34.7 Å². The van der Waals surface area contributed by atoms with E-state index in [2.05, 4.69) is 6.07 Å². The highest BCUT2D eigenvalue weighted by molar-refractivity contribution is 7.98. The Kier molecular flexibility index (Phi) is 18.3. The number of hydrogen-bond donors (Lipinski definition) is 0. The zero-order valence-corrected chi connectivity index (χ0v) is 39.7. The average molecular weight is 918 g/mol. The maximum absolute atomic E-state index is 13.5. The normalized spacial score (nSPS) is 10.7. The van der Waals surface area contributed by atoms with Crippen LogP contribution in [0.4, 0.5) is 10.1 Å². The van der Waals surface area contributed by atoms with Crippen molar-refractivity contribution in [3.63, 3.8) is 0 Å². The minimum absolute atomic E-state index is 0.0645. The van der Waals surface area contributed by atoms with Crippen LogP contribution in [0.1, 0.15) is 47.2 Å². The number of hydrogen-bond acceptors (Lipinski definition) is 8. The maximum Gasteiger partial charge on any atom is 0.336 e. The second-order valence-electron chi connectivity index (χ2n) is 14.8. The highest BCUT2D eigenvalue weighted by Gasteiger charge is 2.18. The lowest BCUT2D eigenvalue weighted by Gasteiger charge is -2.24. The third-order valence-electron chi connectivity index (χ3n) is 10.4. The average Bonchev–Trinajstić information content (AvgIpc) is 3.35. The zero-order valence-electron chi connectivity index (χ0n) is 38.1. The Bertz CT molecular complexity index is 2910. The molecule has 0 saturated heterocycles. The number of rotatable bonds is 13. The van der Waals surface area contributed by atoms with Gasteiger partial charge in [-0.2, -0.15) is 5.26 Å². The van der Waals surface area contributed by atoms with E-state index in [4.69, 9.17) is 5.26 Å². The van der Waals surface area contributed by atoms with Crippen molar-refractivity contribution in [3.05, 3.63) is 218 Å². The first kappa shape index (κ1) is 49.8. The molecule has 66 heavy (non-hydrogen) atoms. The van der Waals surface area contributed by atoms with Gasteiger partial charge in [0.1, 0.15) is 5.82 Å². The van der Waals surface area contributed by atoms with Crippen LogP contribution >= 0.6 is 23.5 Å². The van der Waals surface area contributed by atoms with Crippen LogP contribution in [0.2, 0.25) is 0 Å². The third kappa shape index (κ3) is 13.0. The summed E-state index contributed by atoms with van der Waals surface area (Å²) < 4.78 is 16.0. The SMILES string of the molecule is CC.CSc1ccc(-n2c(-c3ccc(C)cc3)cc(=O)n(Cc3ccc(F)cc3)c2=O)cc1.CSc1ccc(N(C)/C(=C\C(=O)N(C=O)Cc2ccc(C#N)cc2)c2ccc(C)cc2)cc1. The van der Waals surface area contributed by atoms with Gasteiger partial charge in [0.2, 0.25) is 6.41 Å². The van der Waals surface area contributed by atoms with Crippen molar-refractivity contribution in [2.75, 3.05) is 24.5 Å². The Morgan fingerprint density at radius 2 is 1.26 bits per heavy atom. The Morgan fingerprint density at radius 1 is 0.727 bits per heavy atom. The number of benzene rings is 6. The summed E-state index contributed by atoms with van der Waals surface area (Å²) >= 11 is 3.28. The van der Waals surface area contributed by atoms with Gasteiger partial charge in [-0.05, 0) is 121 Å². The van der Waals surface area contributed by atoms with Gasteiger partial charge in [0.05, 0.1) is 41.8 Å². The number of anilines is 1. The van der Waals surface area contributed by atoms with Crippen LogP contribution < -0.4 is 16.1 Å². The molecule has 0 radical (unpaired) electrons. The Balaban J connectivity index is 0.000000239. The molecule has 0 aliphatic rings. The van der Waals surface area contributed by atoms with Gasteiger partial charge in [0.25, 0.3) is 11.5 Å². The standard InChI is InChI=1S/C27H25N3O2S.C25H21FN2O2S.C2H6/c1-20-4-10-23(11-5-20)26(29(2)24-12-14-25(33-3)15-13-24)16-27(32)30(19-31)18-22-8-6-21(17-28)7-9-22;1-17-3-7-19(8-4-17)23-15-24(29)27(16-18-5-9-20(26)10-6-18)25(30)28(23)21-11-13-22(31-2)14-12-21;1-2/h4-16,19H,18H2,1-3H3;3-15H,16H2,1-2H3;1-2H3/b26-16-;;. The largest absolute Gasteiger partial charge is 0.344 e. The van der Waals surface area contributed by atoms with Gasteiger partial charge in [-0.1, -0.05) is 97.8 Å². The number of thioether (sulfide) groups is 2. The minimum atomic E-state index is -0.440. The molecule has 0 unspecified atom stereocenters. The van der Waals surface area contributed by atoms with Crippen molar-refractivity contribution in [2.45, 2.75) is 50.6 Å². The van der Waals surface area contributed by atoms with E-state index in [-0.39, 0.29) is 18.9 Å². The third-order valence-corrected chi connectivity index (χ3v) is 11.9. The molecule has 7 rings (SSSR count). The monoisotopic (exact) mass is 917 g/mol. The summed E-state index contributed by atoms with van der Waals surface area (Å²) in [6.07, 6.45) is 6.04. The van der Waals surface area contributed by atoms with E-state index in [1.165, 1.54) is 28.8 Å². The first-order valence-electron chi connectivity index (χ1n) is 21.2. The quantitative estimate of drug-likeness (QED) is 0.0639. The second-order valence-corrected chi connectivity index (χ2v) is 16.6. The number of imide groups is 1. The number of carbonyl (C=O) groups is 2. The number of carbonyl (C=O) groups excluding carboxylic acids is 2. The molecule has 0 N–H and O–H groups in total. The van der Waals surface area contributed by atoms with Gasteiger partial charge < -0.3 is 4.90 Å². The minimum Gasteiger partial charge on any atom is -0.344 e. The number of halogens is 1. The molecule has 0 fully saturated rings. The van der Waals surface area contributed by atoms with E-state index in [1.54, 1.807) is 64.5 Å². The van der Waals surface area contributed by atoms with Crippen LogP contribution in [-0.4, -0.2) is 45.9 Å². The topological polar surface area (TPSA) is 108 Å². The molecule has 0 aliphatic carbocycles. The summed E-state index contributed by atoms with van der Waals surface area (Å²) in [5.41, 5.74) is 7.79. The number of aromatic nitrogens is 2. The van der Waals surface area contributed by atoms with Crippen molar-refractivity contribution in [3.8, 4) is 23.0 Å². The van der Waals surface area contributed by atoms with Crippen molar-refractivity contribution < 1.29 is 14.0 Å². The maximum atomic E-state index is 13.5. The van der Waals surface area contributed by atoms with Crippen LogP contribution in [0.25, 0.3) is 22.6 Å². The van der Waals surface area contributed by atoms with Gasteiger partial charge in [0.15, 0.2) is 0 Å². The Labute approximate surface area is 394 Å². The summed E-state index contributed by atoms with van der Waals surface area (Å²) in [6.45, 7) is 8.18. The van der Waals surface area contributed by atoms with Crippen molar-refractivity contribution in [1.29, 1.82) is 5.26 Å². The highest BCUT2D eigenvalue weighted by Crippen LogP contribution is 2.28. The number of nitriles is 1. The fourth-order valence-electron chi connectivity index (χ4n) is 6.70. The summed E-state index contributed by atoms with van der Waals surface area (Å²) in [4.78, 5) is 56.6. The molecule has 2 amide bonds. The highest BCUT2D eigenvalue weighted by atomic mass is 32.2. The predicted molar refractivity (Wildman–Crippen MR) is 269 cm³/mol. The Hall–Kier alpha value is -7.20. The molecule has 336 valence electrons. The smallest absolute Gasteiger partial charge is 0.336 e. The molecule has 0 bridgehead atoms.